The summed E-state index contributed by atoms with van der Waals surface area (Å²) >= 11 is 0. The second-order valence-corrected chi connectivity index (χ2v) is 7.92. The zero-order valence-corrected chi connectivity index (χ0v) is 12.7. The molecule has 1 aliphatic carbocycles. The SMILES string of the molecule is O=C(O)[C@@H]1CCCC1P(c1ccccc1)c1ccccc1. The smallest absolute Gasteiger partial charge is 0.307 e. The number of aliphatic carboxylic acids is 1. The van der Waals surface area contributed by atoms with Crippen LogP contribution in [0.3, 0.4) is 0 Å². The molecular weight excluding hydrogens is 279 g/mol. The van der Waals surface area contributed by atoms with Gasteiger partial charge in [0.2, 0.25) is 0 Å². The lowest BCUT2D eigenvalue weighted by Gasteiger charge is -2.28. The van der Waals surface area contributed by atoms with E-state index < -0.39 is 13.9 Å². The first-order chi connectivity index (χ1) is 10.3. The number of rotatable bonds is 4. The molecule has 0 radical (unpaired) electrons. The second-order valence-electron chi connectivity index (χ2n) is 5.48. The molecule has 0 amide bonds. The Labute approximate surface area is 126 Å². The van der Waals surface area contributed by atoms with E-state index in [1.807, 2.05) is 12.1 Å². The molecule has 3 heteroatoms. The lowest BCUT2D eigenvalue weighted by Crippen LogP contribution is -2.28. The average Bonchev–Trinajstić information content (AvgIpc) is 2.99. The van der Waals surface area contributed by atoms with Gasteiger partial charge in [0.05, 0.1) is 5.92 Å². The van der Waals surface area contributed by atoms with Crippen molar-refractivity contribution in [2.45, 2.75) is 24.9 Å². The van der Waals surface area contributed by atoms with Crippen molar-refractivity contribution in [3.63, 3.8) is 0 Å². The molecule has 2 atom stereocenters. The van der Waals surface area contributed by atoms with Gasteiger partial charge in [-0.2, -0.15) is 0 Å². The topological polar surface area (TPSA) is 37.3 Å². The van der Waals surface area contributed by atoms with Crippen molar-refractivity contribution in [3.05, 3.63) is 60.7 Å². The van der Waals surface area contributed by atoms with Crippen LogP contribution in [0.4, 0.5) is 0 Å². The predicted octanol–water partition coefficient (Wildman–Crippen LogP) is 3.37. The van der Waals surface area contributed by atoms with Gasteiger partial charge >= 0.3 is 5.97 Å². The Morgan fingerprint density at radius 1 is 0.905 bits per heavy atom. The van der Waals surface area contributed by atoms with Crippen LogP contribution in [0, 0.1) is 5.92 Å². The van der Waals surface area contributed by atoms with Crippen LogP contribution in [0.25, 0.3) is 0 Å². The molecule has 0 heterocycles. The van der Waals surface area contributed by atoms with Gasteiger partial charge in [-0.3, -0.25) is 4.79 Å². The van der Waals surface area contributed by atoms with Crippen molar-refractivity contribution < 1.29 is 9.90 Å². The predicted molar refractivity (Wildman–Crippen MR) is 87.8 cm³/mol. The lowest BCUT2D eigenvalue weighted by atomic mass is 10.1. The van der Waals surface area contributed by atoms with Crippen molar-refractivity contribution >= 4 is 24.5 Å². The molecule has 1 aliphatic rings. The molecule has 3 rings (SSSR count). The lowest BCUT2D eigenvalue weighted by molar-refractivity contribution is -0.141. The second kappa shape index (κ2) is 6.41. The molecule has 21 heavy (non-hydrogen) atoms. The number of benzene rings is 2. The highest BCUT2D eigenvalue weighted by molar-refractivity contribution is 7.73. The highest BCUT2D eigenvalue weighted by Gasteiger charge is 2.39. The maximum absolute atomic E-state index is 11.6. The van der Waals surface area contributed by atoms with Crippen LogP contribution in [0.5, 0.6) is 0 Å². The van der Waals surface area contributed by atoms with Crippen LogP contribution in [0.1, 0.15) is 19.3 Å². The van der Waals surface area contributed by atoms with Gasteiger partial charge in [-0.15, -0.1) is 0 Å². The van der Waals surface area contributed by atoms with Gasteiger partial charge < -0.3 is 5.11 Å². The first kappa shape index (κ1) is 14.3. The van der Waals surface area contributed by atoms with Gasteiger partial charge in [-0.05, 0) is 31.4 Å². The van der Waals surface area contributed by atoms with Crippen LogP contribution < -0.4 is 10.6 Å². The van der Waals surface area contributed by atoms with Crippen molar-refractivity contribution in [1.82, 2.24) is 0 Å². The molecule has 0 bridgehead atoms. The Hall–Kier alpha value is -1.66. The number of carboxylic acid groups (broad SMARTS) is 1. The fraction of sp³-hybridized carbons (Fsp3) is 0.278. The minimum atomic E-state index is -0.628. The van der Waals surface area contributed by atoms with Crippen molar-refractivity contribution in [1.29, 1.82) is 0 Å². The molecule has 1 saturated carbocycles. The van der Waals surface area contributed by atoms with Crippen LogP contribution in [0.15, 0.2) is 60.7 Å². The Morgan fingerprint density at radius 2 is 1.43 bits per heavy atom. The summed E-state index contributed by atoms with van der Waals surface area (Å²) in [5.41, 5.74) is 0.252. The van der Waals surface area contributed by atoms with Gasteiger partial charge in [-0.1, -0.05) is 67.1 Å². The van der Waals surface area contributed by atoms with Crippen LogP contribution >= 0.6 is 7.92 Å². The van der Waals surface area contributed by atoms with Crippen LogP contribution in [-0.4, -0.2) is 16.7 Å². The zero-order chi connectivity index (χ0) is 14.7. The summed E-state index contributed by atoms with van der Waals surface area (Å²) in [7, 11) is -0.605. The maximum Gasteiger partial charge on any atom is 0.307 e. The Morgan fingerprint density at radius 3 is 1.90 bits per heavy atom. The van der Waals surface area contributed by atoms with E-state index in [4.69, 9.17) is 0 Å². The van der Waals surface area contributed by atoms with E-state index in [2.05, 4.69) is 48.5 Å². The van der Waals surface area contributed by atoms with E-state index in [0.717, 1.165) is 19.3 Å². The first-order valence-corrected chi connectivity index (χ1v) is 8.80. The molecule has 0 spiro atoms. The zero-order valence-electron chi connectivity index (χ0n) is 11.9. The molecule has 108 valence electrons. The van der Waals surface area contributed by atoms with Crippen molar-refractivity contribution in [3.8, 4) is 0 Å². The number of carbonyl (C=O) groups is 1. The number of hydrogen-bond donors (Lipinski definition) is 1. The summed E-state index contributed by atoms with van der Waals surface area (Å²) in [6.45, 7) is 0. The maximum atomic E-state index is 11.6. The summed E-state index contributed by atoms with van der Waals surface area (Å²) in [5, 5.41) is 12.1. The number of carboxylic acids is 1. The third-order valence-electron chi connectivity index (χ3n) is 4.20. The molecule has 2 aromatic carbocycles. The minimum absolute atomic E-state index is 0.198. The van der Waals surface area contributed by atoms with Gasteiger partial charge in [0.25, 0.3) is 0 Å². The summed E-state index contributed by atoms with van der Waals surface area (Å²) in [4.78, 5) is 11.6. The van der Waals surface area contributed by atoms with E-state index in [-0.39, 0.29) is 11.6 Å². The summed E-state index contributed by atoms with van der Waals surface area (Å²) in [5.74, 6) is -0.826. The molecule has 1 N–H and O–H groups in total. The largest absolute Gasteiger partial charge is 0.481 e. The van der Waals surface area contributed by atoms with E-state index in [1.165, 1.54) is 10.6 Å². The quantitative estimate of drug-likeness (QED) is 0.879. The highest BCUT2D eigenvalue weighted by Crippen LogP contribution is 2.50. The van der Waals surface area contributed by atoms with Gasteiger partial charge in [0.1, 0.15) is 0 Å². The molecular formula is C18H19O2P. The molecule has 0 aromatic heterocycles. The minimum Gasteiger partial charge on any atom is -0.481 e. The molecule has 2 nitrogen and oxygen atoms in total. The highest BCUT2D eigenvalue weighted by atomic mass is 31.1. The third-order valence-corrected chi connectivity index (χ3v) is 7.19. The van der Waals surface area contributed by atoms with E-state index in [9.17, 15) is 9.90 Å². The molecule has 1 unspecified atom stereocenters. The van der Waals surface area contributed by atoms with Crippen molar-refractivity contribution in [2.24, 2.45) is 5.92 Å². The van der Waals surface area contributed by atoms with Gasteiger partial charge in [0, 0.05) is 5.66 Å². The Balaban J connectivity index is 2.03. The Kier molecular flexibility index (Phi) is 4.36. The average molecular weight is 298 g/mol. The molecule has 0 saturated heterocycles. The molecule has 1 fully saturated rings. The van der Waals surface area contributed by atoms with Gasteiger partial charge in [0.15, 0.2) is 0 Å². The normalized spacial score (nSPS) is 21.6. The Bertz CT molecular complexity index is 558. The standard InChI is InChI=1S/C18H19O2P/c19-18(20)16-12-7-13-17(16)21(14-8-3-1-4-9-14)15-10-5-2-6-11-15/h1-6,8-11,16-17H,7,12-13H2,(H,19,20)/t16-,17?/m1/s1. The van der Waals surface area contributed by atoms with Crippen LogP contribution in [-0.2, 0) is 4.79 Å². The molecule has 0 aliphatic heterocycles. The summed E-state index contributed by atoms with van der Waals surface area (Å²) in [6.07, 6.45) is 2.87. The number of hydrogen-bond acceptors (Lipinski definition) is 1. The molecule has 2 aromatic rings. The fourth-order valence-corrected chi connectivity index (χ4v) is 6.37. The van der Waals surface area contributed by atoms with Crippen molar-refractivity contribution in [2.75, 3.05) is 0 Å². The summed E-state index contributed by atoms with van der Waals surface area (Å²) in [6, 6.07) is 20.8. The van der Waals surface area contributed by atoms with E-state index in [0.29, 0.717) is 0 Å². The fourth-order valence-electron chi connectivity index (χ4n) is 3.25. The van der Waals surface area contributed by atoms with E-state index >= 15 is 0 Å². The van der Waals surface area contributed by atoms with Crippen LogP contribution in [0.2, 0.25) is 0 Å². The van der Waals surface area contributed by atoms with E-state index in [1.54, 1.807) is 0 Å². The van der Waals surface area contributed by atoms with Gasteiger partial charge in [-0.25, -0.2) is 0 Å². The monoisotopic (exact) mass is 298 g/mol. The summed E-state index contributed by atoms with van der Waals surface area (Å²) < 4.78 is 0. The first-order valence-electron chi connectivity index (χ1n) is 7.39. The third kappa shape index (κ3) is 3.01.